The minimum absolute atomic E-state index is 0. The van der Waals surface area contributed by atoms with Gasteiger partial charge in [0, 0.05) is 13.3 Å². The normalized spacial score (nSPS) is 15.0. The largest absolute Gasteiger partial charge is 2.00 e. The van der Waals surface area contributed by atoms with Gasteiger partial charge in [0.1, 0.15) is 5.84 Å². The van der Waals surface area contributed by atoms with Crippen molar-refractivity contribution < 1.29 is 39.5 Å². The SMILES string of the molecule is [CH2-]CN(C(/C=C(\C)CS(C)(=O)=O)=NC)[C@@H]([CH2-])C.[U+2]. The number of sulfone groups is 1. The summed E-state index contributed by atoms with van der Waals surface area (Å²) in [6, 6.07) is 0.0356. The molecule has 0 aromatic carbocycles. The molecule has 0 aromatic heterocycles. The van der Waals surface area contributed by atoms with Crippen LogP contribution in [0.5, 0.6) is 0 Å². The molecule has 1 atom stereocenters. The van der Waals surface area contributed by atoms with E-state index in [1.54, 1.807) is 20.0 Å². The number of amidine groups is 1. The first-order valence-corrected chi connectivity index (χ1v) is 7.48. The van der Waals surface area contributed by atoms with Gasteiger partial charge in [0.2, 0.25) is 0 Å². The van der Waals surface area contributed by atoms with E-state index in [1.807, 2.05) is 11.8 Å². The van der Waals surface area contributed by atoms with Gasteiger partial charge in [0.25, 0.3) is 0 Å². The van der Waals surface area contributed by atoms with Crippen LogP contribution in [0, 0.1) is 45.0 Å². The Kier molecular flexibility index (Phi) is 10.5. The Morgan fingerprint density at radius 1 is 1.50 bits per heavy atom. The summed E-state index contributed by atoms with van der Waals surface area (Å²) >= 11 is 0. The van der Waals surface area contributed by atoms with Crippen LogP contribution in [0.3, 0.4) is 0 Å². The topological polar surface area (TPSA) is 49.7 Å². The molecule has 6 heteroatoms. The van der Waals surface area contributed by atoms with Crippen LogP contribution in [-0.2, 0) is 9.84 Å². The van der Waals surface area contributed by atoms with E-state index in [0.717, 1.165) is 5.57 Å². The molecule has 0 radical (unpaired) electrons. The zero-order valence-corrected chi connectivity index (χ0v) is 16.6. The molecule has 0 saturated carbocycles. The predicted octanol–water partition coefficient (Wildman–Crippen LogP) is 1.36. The van der Waals surface area contributed by atoms with Crippen molar-refractivity contribution in [1.82, 2.24) is 4.90 Å². The predicted molar refractivity (Wildman–Crippen MR) is 73.7 cm³/mol. The molecule has 0 unspecified atom stereocenters. The number of rotatable bonds is 5. The molecule has 0 saturated heterocycles. The summed E-state index contributed by atoms with van der Waals surface area (Å²) in [7, 11) is -1.33. The average Bonchev–Trinajstić information content (AvgIpc) is 2.13. The Labute approximate surface area is 135 Å². The molecule has 102 valence electrons. The summed E-state index contributed by atoms with van der Waals surface area (Å²) in [4.78, 5) is 6.05. The minimum atomic E-state index is -3.00. The van der Waals surface area contributed by atoms with Gasteiger partial charge in [-0.1, -0.05) is 12.5 Å². The molecule has 0 N–H and O–H groups in total. The fourth-order valence-corrected chi connectivity index (χ4v) is 2.42. The molecule has 0 aliphatic heterocycles. The van der Waals surface area contributed by atoms with Crippen LogP contribution >= 0.6 is 0 Å². The average molecular weight is 496 g/mol. The zero-order chi connectivity index (χ0) is 13.6. The number of hydrogen-bond donors (Lipinski definition) is 0. The molecule has 0 bridgehead atoms. The first-order chi connectivity index (χ1) is 7.71. The van der Waals surface area contributed by atoms with Crippen LogP contribution in [0.4, 0.5) is 0 Å². The van der Waals surface area contributed by atoms with Crippen molar-refractivity contribution in [3.05, 3.63) is 25.5 Å². The molecule has 4 nitrogen and oxygen atoms in total. The maximum atomic E-state index is 11.2. The molecule has 0 amide bonds. The van der Waals surface area contributed by atoms with E-state index in [4.69, 9.17) is 0 Å². The van der Waals surface area contributed by atoms with Crippen LogP contribution in [0.15, 0.2) is 16.6 Å². The molecule has 0 aliphatic carbocycles. The second kappa shape index (κ2) is 9.17. The van der Waals surface area contributed by atoms with Gasteiger partial charge < -0.3 is 18.7 Å². The molecule has 0 spiro atoms. The van der Waals surface area contributed by atoms with E-state index in [0.29, 0.717) is 12.4 Å². The van der Waals surface area contributed by atoms with E-state index in [2.05, 4.69) is 18.8 Å². The van der Waals surface area contributed by atoms with Crippen molar-refractivity contribution in [2.45, 2.75) is 19.9 Å². The standard InChI is InChI=1S/C12H22N2O2S.U/c1-7-14(10(2)3)12(13-5)8-11(4)9-17(6,15)16;/h8,10H,1-2,7,9H2,3-6H3;/q-2;+2/b11-8+,13-12?;/t10-;/m0./s1. The summed E-state index contributed by atoms with van der Waals surface area (Å²) in [5, 5.41) is 0. The summed E-state index contributed by atoms with van der Waals surface area (Å²) in [6.07, 6.45) is 2.99. The van der Waals surface area contributed by atoms with Crippen LogP contribution in [-0.4, -0.2) is 50.8 Å². The maximum absolute atomic E-state index is 11.2. The third kappa shape index (κ3) is 8.34. The quantitative estimate of drug-likeness (QED) is 0.328. The van der Waals surface area contributed by atoms with Crippen molar-refractivity contribution in [2.75, 3.05) is 25.6 Å². The van der Waals surface area contributed by atoms with Crippen LogP contribution in [0.1, 0.15) is 13.8 Å². The van der Waals surface area contributed by atoms with Gasteiger partial charge in [-0.3, -0.25) is 4.99 Å². The molecular weight excluding hydrogens is 474 g/mol. The molecule has 0 rings (SSSR count). The van der Waals surface area contributed by atoms with Crippen LogP contribution in [0.2, 0.25) is 0 Å². The fraction of sp³-hybridized carbons (Fsp3) is 0.583. The molecule has 0 fully saturated rings. The Balaban J connectivity index is 0. The maximum Gasteiger partial charge on any atom is 2.00 e. The molecular formula is C12H22N2O2SU. The monoisotopic (exact) mass is 496 g/mol. The third-order valence-electron chi connectivity index (χ3n) is 2.16. The molecule has 0 aliphatic rings. The molecule has 0 heterocycles. The summed E-state index contributed by atoms with van der Waals surface area (Å²) in [6.45, 7) is 12.0. The third-order valence-corrected chi connectivity index (χ3v) is 3.14. The Hall–Kier alpha value is 0.212. The van der Waals surface area contributed by atoms with Crippen LogP contribution < -0.4 is 0 Å². The molecule has 0 aromatic rings. The van der Waals surface area contributed by atoms with E-state index < -0.39 is 9.84 Å². The Morgan fingerprint density at radius 3 is 2.28 bits per heavy atom. The van der Waals surface area contributed by atoms with Gasteiger partial charge in [0.15, 0.2) is 9.84 Å². The van der Waals surface area contributed by atoms with E-state index in [9.17, 15) is 8.42 Å². The molecule has 18 heavy (non-hydrogen) atoms. The first-order valence-electron chi connectivity index (χ1n) is 5.42. The number of hydrogen-bond acceptors (Lipinski definition) is 3. The zero-order valence-electron chi connectivity index (χ0n) is 11.6. The van der Waals surface area contributed by atoms with E-state index >= 15 is 0 Å². The Bertz CT molecular complexity index is 400. The Morgan fingerprint density at radius 2 is 2.00 bits per heavy atom. The van der Waals surface area contributed by atoms with Crippen molar-refractivity contribution in [1.29, 1.82) is 0 Å². The van der Waals surface area contributed by atoms with Gasteiger partial charge in [-0.2, -0.15) is 0 Å². The van der Waals surface area contributed by atoms with E-state index in [-0.39, 0.29) is 42.9 Å². The fourth-order valence-electron chi connectivity index (χ4n) is 1.51. The van der Waals surface area contributed by atoms with Crippen molar-refractivity contribution in [2.24, 2.45) is 4.99 Å². The second-order valence-electron chi connectivity index (χ2n) is 4.19. The summed E-state index contributed by atoms with van der Waals surface area (Å²) in [5.41, 5.74) is 0.757. The van der Waals surface area contributed by atoms with Gasteiger partial charge in [-0.15, -0.1) is 12.6 Å². The van der Waals surface area contributed by atoms with Gasteiger partial charge in [-0.25, -0.2) is 8.42 Å². The van der Waals surface area contributed by atoms with Gasteiger partial charge in [-0.05, 0) is 13.0 Å². The first kappa shape index (κ1) is 20.5. The summed E-state index contributed by atoms with van der Waals surface area (Å²) in [5.74, 6) is 0.756. The van der Waals surface area contributed by atoms with E-state index in [1.165, 1.54) is 6.26 Å². The number of nitrogens with zero attached hydrogens (tertiary/aromatic N) is 2. The van der Waals surface area contributed by atoms with Crippen LogP contribution in [0.25, 0.3) is 0 Å². The van der Waals surface area contributed by atoms with Crippen molar-refractivity contribution in [3.8, 4) is 0 Å². The van der Waals surface area contributed by atoms with Crippen molar-refractivity contribution >= 4 is 15.7 Å². The minimum Gasteiger partial charge on any atom is -0.414 e. The summed E-state index contributed by atoms with van der Waals surface area (Å²) < 4.78 is 22.3. The smallest absolute Gasteiger partial charge is 0.414 e. The van der Waals surface area contributed by atoms with Gasteiger partial charge in [0.05, 0.1) is 5.75 Å². The van der Waals surface area contributed by atoms with Crippen molar-refractivity contribution in [3.63, 3.8) is 0 Å². The number of aliphatic imine (C=N–C) groups is 1. The second-order valence-corrected chi connectivity index (χ2v) is 6.33. The van der Waals surface area contributed by atoms with Gasteiger partial charge >= 0.3 is 31.1 Å².